The summed E-state index contributed by atoms with van der Waals surface area (Å²) >= 11 is 0. The van der Waals surface area contributed by atoms with Crippen molar-refractivity contribution in [1.29, 1.82) is 0 Å². The van der Waals surface area contributed by atoms with E-state index in [0.29, 0.717) is 23.3 Å². The van der Waals surface area contributed by atoms with Crippen LogP contribution in [-0.4, -0.2) is 40.6 Å². The van der Waals surface area contributed by atoms with Crippen molar-refractivity contribution in [2.24, 2.45) is 0 Å². The third kappa shape index (κ3) is 5.81. The van der Waals surface area contributed by atoms with Crippen LogP contribution in [0.4, 0.5) is 35.5 Å². The number of amides is 2. The van der Waals surface area contributed by atoms with Crippen LogP contribution in [0.15, 0.2) is 36.4 Å². The summed E-state index contributed by atoms with van der Waals surface area (Å²) in [4.78, 5) is 15.6. The number of urea groups is 1. The number of aliphatic hydroxyl groups is 1. The number of benzene rings is 2. The zero-order chi connectivity index (χ0) is 25.4. The fraction of sp³-hybridized carbons (Fsp3) is 0.435. The zero-order valence-corrected chi connectivity index (χ0v) is 18.3. The lowest BCUT2D eigenvalue weighted by atomic mass is 9.91. The molecule has 0 bridgehead atoms. The minimum absolute atomic E-state index is 0.0324. The van der Waals surface area contributed by atoms with Crippen molar-refractivity contribution < 1.29 is 40.6 Å². The number of alkyl halides is 6. The molecule has 2 atom stereocenters. The van der Waals surface area contributed by atoms with Gasteiger partial charge in [-0.25, -0.2) is 9.18 Å². The highest BCUT2D eigenvalue weighted by atomic mass is 19.4. The van der Waals surface area contributed by atoms with E-state index in [9.17, 15) is 40.6 Å². The number of halogens is 7. The maximum absolute atomic E-state index is 13.6. The number of nitrogens with zero attached hydrogens (tertiary/aromatic N) is 2. The van der Waals surface area contributed by atoms with Crippen molar-refractivity contribution in [3.63, 3.8) is 0 Å². The summed E-state index contributed by atoms with van der Waals surface area (Å²) in [5.74, 6) is -0.474. The van der Waals surface area contributed by atoms with Gasteiger partial charge >= 0.3 is 18.4 Å². The van der Waals surface area contributed by atoms with E-state index in [2.05, 4.69) is 0 Å². The second kappa shape index (κ2) is 9.44. The fourth-order valence-electron chi connectivity index (χ4n) is 4.15. The van der Waals surface area contributed by atoms with E-state index >= 15 is 0 Å². The number of carbonyl (C=O) groups is 1. The summed E-state index contributed by atoms with van der Waals surface area (Å²) in [6.45, 7) is 1.26. The normalized spacial score (nSPS) is 19.3. The minimum Gasteiger partial charge on any atom is -0.393 e. The second-order valence-corrected chi connectivity index (χ2v) is 8.44. The van der Waals surface area contributed by atoms with Crippen molar-refractivity contribution in [2.45, 2.75) is 50.8 Å². The van der Waals surface area contributed by atoms with Gasteiger partial charge < -0.3 is 14.9 Å². The Bertz CT molecular complexity index is 1020. The lowest BCUT2D eigenvalue weighted by molar-refractivity contribution is -0.143. The van der Waals surface area contributed by atoms with Crippen LogP contribution >= 0.6 is 0 Å². The molecule has 4 nitrogen and oxygen atoms in total. The maximum Gasteiger partial charge on any atom is 0.416 e. The number of hydrogen-bond donors (Lipinski definition) is 1. The number of carbonyl (C=O) groups excluding carboxylic acids is 1. The van der Waals surface area contributed by atoms with Gasteiger partial charge in [0, 0.05) is 20.1 Å². The van der Waals surface area contributed by atoms with Gasteiger partial charge in [-0.1, -0.05) is 6.07 Å². The molecule has 0 saturated carbocycles. The van der Waals surface area contributed by atoms with Crippen LogP contribution in [0.3, 0.4) is 0 Å². The SMILES string of the molecule is Cc1cc(F)ccc1[C@H]1C[C@@H](O)CCN1C(=O)N(C)Cc1cc(C(F)(F)F)cc(C(F)(F)F)c1. The molecule has 2 aromatic carbocycles. The Morgan fingerprint density at radius 2 is 1.65 bits per heavy atom. The first-order chi connectivity index (χ1) is 15.7. The summed E-state index contributed by atoms with van der Waals surface area (Å²) in [5.41, 5.74) is -2.10. The number of aryl methyl sites for hydroxylation is 1. The second-order valence-electron chi connectivity index (χ2n) is 8.44. The molecule has 1 aliphatic heterocycles. The van der Waals surface area contributed by atoms with E-state index in [1.54, 1.807) is 6.92 Å². The summed E-state index contributed by atoms with van der Waals surface area (Å²) in [7, 11) is 1.27. The molecule has 0 aromatic heterocycles. The molecule has 2 aromatic rings. The molecular weight excluding hydrogens is 469 g/mol. The van der Waals surface area contributed by atoms with Crippen molar-refractivity contribution in [2.75, 3.05) is 13.6 Å². The molecule has 0 aliphatic carbocycles. The van der Waals surface area contributed by atoms with Crippen molar-refractivity contribution in [3.8, 4) is 0 Å². The third-order valence-corrected chi connectivity index (χ3v) is 5.81. The van der Waals surface area contributed by atoms with Crippen molar-refractivity contribution in [3.05, 3.63) is 70.0 Å². The molecule has 1 fully saturated rings. The molecule has 3 rings (SSSR count). The van der Waals surface area contributed by atoms with Crippen molar-refractivity contribution >= 4 is 6.03 Å². The standard InChI is InChI=1S/C23H23F7N2O2/c1-13-7-17(24)3-4-19(13)20-11-18(33)5-6-32(20)21(34)31(2)12-14-8-15(22(25,26)27)10-16(9-14)23(28,29)30/h3-4,7-10,18,20,33H,5-6,11-12H2,1-2H3/t18-,20+/m0/s1. The Morgan fingerprint density at radius 3 is 2.18 bits per heavy atom. The van der Waals surface area contributed by atoms with E-state index in [0.717, 1.165) is 4.90 Å². The summed E-state index contributed by atoms with van der Waals surface area (Å²) < 4.78 is 92.5. The van der Waals surface area contributed by atoms with Gasteiger partial charge in [0.05, 0.1) is 23.3 Å². The van der Waals surface area contributed by atoms with Gasteiger partial charge in [-0.3, -0.25) is 0 Å². The third-order valence-electron chi connectivity index (χ3n) is 5.81. The minimum atomic E-state index is -4.99. The lowest BCUT2D eigenvalue weighted by Gasteiger charge is -2.40. The molecule has 1 saturated heterocycles. The van der Waals surface area contributed by atoms with Crippen LogP contribution in [0.2, 0.25) is 0 Å². The molecule has 34 heavy (non-hydrogen) atoms. The molecular formula is C23H23F7N2O2. The van der Waals surface area contributed by atoms with Gasteiger partial charge in [-0.15, -0.1) is 0 Å². The van der Waals surface area contributed by atoms with Crippen LogP contribution in [0.25, 0.3) is 0 Å². The Morgan fingerprint density at radius 1 is 1.06 bits per heavy atom. The van der Waals surface area contributed by atoms with E-state index < -0.39 is 54.0 Å². The molecule has 11 heteroatoms. The molecule has 1 heterocycles. The van der Waals surface area contributed by atoms with Gasteiger partial charge in [0.1, 0.15) is 5.82 Å². The topological polar surface area (TPSA) is 43.8 Å². The predicted octanol–water partition coefficient (Wildman–Crippen LogP) is 5.92. The van der Waals surface area contributed by atoms with E-state index in [1.807, 2.05) is 0 Å². The number of hydrogen-bond acceptors (Lipinski definition) is 2. The van der Waals surface area contributed by atoms with Crippen molar-refractivity contribution in [1.82, 2.24) is 9.80 Å². The van der Waals surface area contributed by atoms with Crippen LogP contribution in [0, 0.1) is 12.7 Å². The van der Waals surface area contributed by atoms with Crippen LogP contribution < -0.4 is 0 Å². The van der Waals surface area contributed by atoms with E-state index in [4.69, 9.17) is 0 Å². The first-order valence-corrected chi connectivity index (χ1v) is 10.4. The Kier molecular flexibility index (Phi) is 7.16. The monoisotopic (exact) mass is 492 g/mol. The number of rotatable bonds is 3. The first-order valence-electron chi connectivity index (χ1n) is 10.4. The Labute approximate surface area is 191 Å². The van der Waals surface area contributed by atoms with E-state index in [1.165, 1.54) is 30.1 Å². The van der Waals surface area contributed by atoms with Crippen LogP contribution in [-0.2, 0) is 18.9 Å². The average molecular weight is 492 g/mol. The Hall–Kier alpha value is -2.82. The number of aliphatic hydroxyl groups excluding tert-OH is 1. The Balaban J connectivity index is 1.89. The summed E-state index contributed by atoms with van der Waals surface area (Å²) in [6.07, 6.45) is -10.3. The highest BCUT2D eigenvalue weighted by Crippen LogP contribution is 2.37. The van der Waals surface area contributed by atoms with E-state index in [-0.39, 0.29) is 31.0 Å². The molecule has 0 unspecified atom stereocenters. The smallest absolute Gasteiger partial charge is 0.393 e. The lowest BCUT2D eigenvalue weighted by Crippen LogP contribution is -2.47. The fourth-order valence-corrected chi connectivity index (χ4v) is 4.15. The highest BCUT2D eigenvalue weighted by molar-refractivity contribution is 5.75. The zero-order valence-electron chi connectivity index (χ0n) is 18.3. The average Bonchev–Trinajstić information content (AvgIpc) is 2.71. The molecule has 1 aliphatic rings. The predicted molar refractivity (Wildman–Crippen MR) is 109 cm³/mol. The van der Waals surface area contributed by atoms with Gasteiger partial charge in [0.2, 0.25) is 0 Å². The van der Waals surface area contributed by atoms with Crippen LogP contribution in [0.5, 0.6) is 0 Å². The van der Waals surface area contributed by atoms with Crippen LogP contribution in [0.1, 0.15) is 46.7 Å². The largest absolute Gasteiger partial charge is 0.416 e. The maximum atomic E-state index is 13.6. The molecule has 186 valence electrons. The number of piperidine rings is 1. The van der Waals surface area contributed by atoms with Gasteiger partial charge in [0.15, 0.2) is 0 Å². The number of likely N-dealkylation sites (tertiary alicyclic amines) is 1. The molecule has 1 N–H and O–H groups in total. The highest BCUT2D eigenvalue weighted by Gasteiger charge is 2.38. The first kappa shape index (κ1) is 25.8. The quantitative estimate of drug-likeness (QED) is 0.541. The van der Waals surface area contributed by atoms with Gasteiger partial charge in [0.25, 0.3) is 0 Å². The van der Waals surface area contributed by atoms with Gasteiger partial charge in [-0.2, -0.15) is 26.3 Å². The van der Waals surface area contributed by atoms with Gasteiger partial charge in [-0.05, 0) is 66.8 Å². The molecule has 0 radical (unpaired) electrons. The molecule has 2 amide bonds. The molecule has 0 spiro atoms. The summed E-state index contributed by atoms with van der Waals surface area (Å²) in [6, 6.07) is 3.93. The summed E-state index contributed by atoms with van der Waals surface area (Å²) in [5, 5.41) is 10.1.